The van der Waals surface area contributed by atoms with Crippen molar-refractivity contribution in [2.24, 2.45) is 0 Å². The number of nitrogens with zero attached hydrogens (tertiary/aromatic N) is 4. The Bertz CT molecular complexity index is 1520. The van der Waals surface area contributed by atoms with Gasteiger partial charge in [0.15, 0.2) is 17.3 Å². The van der Waals surface area contributed by atoms with Gasteiger partial charge in [0.1, 0.15) is 5.82 Å². The first kappa shape index (κ1) is 18.9. The molecule has 6 nitrogen and oxygen atoms in total. The second-order valence-corrected chi connectivity index (χ2v) is 7.36. The molecule has 0 spiro atoms. The summed E-state index contributed by atoms with van der Waals surface area (Å²) in [6, 6.07) is 20.3. The third kappa shape index (κ3) is 3.30. The largest absolute Gasteiger partial charge is 0.351 e. The van der Waals surface area contributed by atoms with Gasteiger partial charge in [-0.15, -0.1) is 5.10 Å². The Morgan fingerprint density at radius 1 is 1.00 bits per heavy atom. The number of rotatable bonds is 4. The SMILES string of the molecule is Cc1cccc(-c2nc3c4ccccc4n(CC(=O)c4ccc(F)cc4)c(=O)n3n2)c1. The molecule has 0 bridgehead atoms. The van der Waals surface area contributed by atoms with E-state index in [1.54, 1.807) is 12.1 Å². The summed E-state index contributed by atoms with van der Waals surface area (Å²) in [5, 5.41) is 5.15. The fraction of sp³-hybridized carbons (Fsp3) is 0.0833. The molecular formula is C24H17FN4O2. The number of fused-ring (bicyclic) bond motifs is 3. The quantitative estimate of drug-likeness (QED) is 0.418. The molecular weight excluding hydrogens is 395 g/mol. The Morgan fingerprint density at radius 3 is 2.55 bits per heavy atom. The van der Waals surface area contributed by atoms with Crippen molar-refractivity contribution in [2.75, 3.05) is 0 Å². The van der Waals surface area contributed by atoms with Gasteiger partial charge in [-0.25, -0.2) is 14.2 Å². The van der Waals surface area contributed by atoms with Gasteiger partial charge in [-0.1, -0.05) is 35.9 Å². The van der Waals surface area contributed by atoms with Crippen LogP contribution >= 0.6 is 0 Å². The highest BCUT2D eigenvalue weighted by Crippen LogP contribution is 2.22. The molecule has 3 aromatic carbocycles. The second-order valence-electron chi connectivity index (χ2n) is 7.36. The number of Topliss-reactive ketones (excluding diaryl/α,β-unsaturated/α-hetero) is 1. The lowest BCUT2D eigenvalue weighted by molar-refractivity contribution is 0.0971. The second kappa shape index (κ2) is 7.28. The van der Waals surface area contributed by atoms with E-state index in [9.17, 15) is 14.0 Å². The minimum atomic E-state index is -0.462. The molecule has 5 aromatic rings. The van der Waals surface area contributed by atoms with E-state index in [1.165, 1.54) is 33.3 Å². The monoisotopic (exact) mass is 412 g/mol. The summed E-state index contributed by atoms with van der Waals surface area (Å²) >= 11 is 0. The van der Waals surface area contributed by atoms with Gasteiger partial charge < -0.3 is 0 Å². The Balaban J connectivity index is 1.69. The number of hydrogen-bond donors (Lipinski definition) is 0. The van der Waals surface area contributed by atoms with Gasteiger partial charge >= 0.3 is 5.69 Å². The van der Waals surface area contributed by atoms with E-state index >= 15 is 0 Å². The van der Waals surface area contributed by atoms with Crippen molar-refractivity contribution >= 4 is 22.3 Å². The summed E-state index contributed by atoms with van der Waals surface area (Å²) in [7, 11) is 0. The van der Waals surface area contributed by atoms with Crippen LogP contribution in [0.2, 0.25) is 0 Å². The molecule has 0 saturated carbocycles. The number of aromatic nitrogens is 4. The fourth-order valence-corrected chi connectivity index (χ4v) is 3.67. The van der Waals surface area contributed by atoms with Gasteiger partial charge in [0, 0.05) is 16.5 Å². The number of ketones is 1. The minimum Gasteiger partial charge on any atom is -0.292 e. The molecule has 31 heavy (non-hydrogen) atoms. The van der Waals surface area contributed by atoms with Crippen LogP contribution in [0.15, 0.2) is 77.6 Å². The van der Waals surface area contributed by atoms with E-state index in [0.29, 0.717) is 27.9 Å². The fourth-order valence-electron chi connectivity index (χ4n) is 3.67. The van der Waals surface area contributed by atoms with Crippen molar-refractivity contribution in [3.05, 3.63) is 100 Å². The molecule has 2 aromatic heterocycles. The van der Waals surface area contributed by atoms with Crippen molar-refractivity contribution < 1.29 is 9.18 Å². The zero-order valence-corrected chi connectivity index (χ0v) is 16.6. The van der Waals surface area contributed by atoms with Crippen molar-refractivity contribution in [3.8, 4) is 11.4 Å². The molecule has 0 fully saturated rings. The first-order valence-corrected chi connectivity index (χ1v) is 9.75. The van der Waals surface area contributed by atoms with Crippen LogP contribution in [0.1, 0.15) is 15.9 Å². The molecule has 0 atom stereocenters. The molecule has 0 unspecified atom stereocenters. The predicted octanol–water partition coefficient (Wildman–Crippen LogP) is 4.04. The zero-order chi connectivity index (χ0) is 21.5. The number of hydrogen-bond acceptors (Lipinski definition) is 4. The van der Waals surface area contributed by atoms with Gasteiger partial charge in [-0.2, -0.15) is 4.52 Å². The minimum absolute atomic E-state index is 0.194. The third-order valence-corrected chi connectivity index (χ3v) is 5.20. The van der Waals surface area contributed by atoms with Crippen molar-refractivity contribution in [1.29, 1.82) is 0 Å². The molecule has 0 aliphatic heterocycles. The predicted molar refractivity (Wildman–Crippen MR) is 116 cm³/mol. The Kier molecular flexibility index (Phi) is 4.43. The third-order valence-electron chi connectivity index (χ3n) is 5.20. The van der Waals surface area contributed by atoms with Crippen LogP contribution in [0.4, 0.5) is 4.39 Å². The van der Waals surface area contributed by atoms with Gasteiger partial charge in [-0.05, 0) is 49.4 Å². The van der Waals surface area contributed by atoms with E-state index < -0.39 is 11.5 Å². The summed E-state index contributed by atoms with van der Waals surface area (Å²) in [6.45, 7) is 1.78. The summed E-state index contributed by atoms with van der Waals surface area (Å²) in [5.41, 5.74) is 2.75. The van der Waals surface area contributed by atoms with E-state index in [-0.39, 0.29) is 12.3 Å². The number of benzene rings is 3. The standard InChI is InChI=1S/C24H17FN4O2/c1-15-5-4-6-17(13-15)22-26-23-19-7-2-3-8-20(19)28(24(31)29(23)27-22)14-21(30)16-9-11-18(25)12-10-16/h2-13H,14H2,1H3. The van der Waals surface area contributed by atoms with Gasteiger partial charge in [0.05, 0.1) is 12.1 Å². The summed E-state index contributed by atoms with van der Waals surface area (Å²) in [4.78, 5) is 30.7. The Morgan fingerprint density at radius 2 is 1.77 bits per heavy atom. The van der Waals surface area contributed by atoms with E-state index in [4.69, 9.17) is 0 Å². The molecule has 0 amide bonds. The summed E-state index contributed by atoms with van der Waals surface area (Å²) in [6.07, 6.45) is 0. The van der Waals surface area contributed by atoms with E-state index in [2.05, 4.69) is 10.1 Å². The summed E-state index contributed by atoms with van der Waals surface area (Å²) in [5.74, 6) is -0.286. The van der Waals surface area contributed by atoms with Crippen LogP contribution in [0.3, 0.4) is 0 Å². The van der Waals surface area contributed by atoms with Crippen LogP contribution in [0.5, 0.6) is 0 Å². The van der Waals surface area contributed by atoms with Crippen LogP contribution in [0.25, 0.3) is 27.9 Å². The number of halogens is 1. The van der Waals surface area contributed by atoms with Gasteiger partial charge in [0.2, 0.25) is 0 Å². The van der Waals surface area contributed by atoms with Gasteiger partial charge in [-0.3, -0.25) is 9.36 Å². The molecule has 0 aliphatic carbocycles. The maximum absolute atomic E-state index is 13.3. The summed E-state index contributed by atoms with van der Waals surface area (Å²) < 4.78 is 15.8. The van der Waals surface area contributed by atoms with E-state index in [1.807, 2.05) is 43.3 Å². The molecule has 7 heteroatoms. The van der Waals surface area contributed by atoms with Crippen LogP contribution in [-0.4, -0.2) is 24.9 Å². The van der Waals surface area contributed by atoms with Crippen molar-refractivity contribution in [3.63, 3.8) is 0 Å². The van der Waals surface area contributed by atoms with Crippen LogP contribution < -0.4 is 5.69 Å². The number of para-hydroxylation sites is 1. The number of aryl methyl sites for hydroxylation is 1. The number of carbonyl (C=O) groups excluding carboxylic acids is 1. The average Bonchev–Trinajstić information content (AvgIpc) is 3.23. The van der Waals surface area contributed by atoms with Gasteiger partial charge in [0.25, 0.3) is 0 Å². The lowest BCUT2D eigenvalue weighted by Gasteiger charge is -2.10. The van der Waals surface area contributed by atoms with Crippen molar-refractivity contribution in [2.45, 2.75) is 13.5 Å². The molecule has 0 N–H and O–H groups in total. The molecule has 2 heterocycles. The molecule has 0 aliphatic rings. The highest BCUT2D eigenvalue weighted by molar-refractivity contribution is 5.98. The lowest BCUT2D eigenvalue weighted by atomic mass is 10.1. The smallest absolute Gasteiger partial charge is 0.292 e. The van der Waals surface area contributed by atoms with Crippen molar-refractivity contribution in [1.82, 2.24) is 19.2 Å². The van der Waals surface area contributed by atoms with Crippen LogP contribution in [-0.2, 0) is 6.54 Å². The highest BCUT2D eigenvalue weighted by atomic mass is 19.1. The average molecular weight is 412 g/mol. The Hall–Kier alpha value is -4.13. The molecule has 0 radical (unpaired) electrons. The molecule has 5 rings (SSSR count). The number of carbonyl (C=O) groups is 1. The van der Waals surface area contributed by atoms with E-state index in [0.717, 1.165) is 11.1 Å². The molecule has 152 valence electrons. The topological polar surface area (TPSA) is 69.3 Å². The highest BCUT2D eigenvalue weighted by Gasteiger charge is 2.18. The first-order chi connectivity index (χ1) is 15.0. The van der Waals surface area contributed by atoms with Crippen LogP contribution in [0, 0.1) is 12.7 Å². The normalized spacial score (nSPS) is 11.3. The maximum atomic E-state index is 13.3. The first-order valence-electron chi connectivity index (χ1n) is 9.75. The molecule has 0 saturated heterocycles. The maximum Gasteiger partial charge on any atom is 0.351 e. The zero-order valence-electron chi connectivity index (χ0n) is 16.6. The Labute approximate surface area is 176 Å². The lowest BCUT2D eigenvalue weighted by Crippen LogP contribution is -2.30.